The molecule has 1 aromatic heterocycles. The summed E-state index contributed by atoms with van der Waals surface area (Å²) >= 11 is 0. The maximum absolute atomic E-state index is 12.5. The third-order valence-corrected chi connectivity index (χ3v) is 6.96. The van der Waals surface area contributed by atoms with Gasteiger partial charge in [-0.25, -0.2) is 4.79 Å². The largest absolute Gasteiger partial charge is 0.481 e. The number of carboxylic acids is 1. The number of anilines is 1. The Labute approximate surface area is 201 Å². The van der Waals surface area contributed by atoms with E-state index in [9.17, 15) is 14.4 Å². The van der Waals surface area contributed by atoms with Gasteiger partial charge >= 0.3 is 12.1 Å². The molecule has 0 spiro atoms. The van der Waals surface area contributed by atoms with E-state index in [0.717, 1.165) is 41.5 Å². The minimum Gasteiger partial charge on any atom is -0.481 e. The second-order valence-electron chi connectivity index (χ2n) is 9.22. The van der Waals surface area contributed by atoms with Crippen molar-refractivity contribution in [3.63, 3.8) is 0 Å². The molecule has 1 fully saturated rings. The van der Waals surface area contributed by atoms with Crippen LogP contribution in [-0.4, -0.2) is 46.4 Å². The summed E-state index contributed by atoms with van der Waals surface area (Å²) in [6.07, 6.45) is 1.88. The molecule has 2 aliphatic carbocycles. The van der Waals surface area contributed by atoms with Gasteiger partial charge in [-0.05, 0) is 40.5 Å². The van der Waals surface area contributed by atoms with Gasteiger partial charge in [0.2, 0.25) is 0 Å². The highest BCUT2D eigenvalue weighted by molar-refractivity contribution is 5.94. The maximum atomic E-state index is 12.5. The number of hydrogen-bond acceptors (Lipinski definition) is 5. The summed E-state index contributed by atoms with van der Waals surface area (Å²) in [6.45, 7) is 0.454. The standard InChI is InChI=1S/C26H26N4O5/c31-23(32)13-26(10-5-11-26)15-27-24(33)21-12-22(30-29-21)28-25(34)35-14-20-18-8-3-1-6-16(18)17-7-2-4-9-19(17)20/h1-4,6-9,12,20H,5,10-11,13-15H2,(H,27,33)(H,31,32)(H2,28,29,30,34). The van der Waals surface area contributed by atoms with Crippen molar-refractivity contribution >= 4 is 23.8 Å². The van der Waals surface area contributed by atoms with Gasteiger partial charge in [-0.1, -0.05) is 55.0 Å². The van der Waals surface area contributed by atoms with Crippen molar-refractivity contribution in [3.8, 4) is 11.1 Å². The van der Waals surface area contributed by atoms with Gasteiger partial charge in [0, 0.05) is 18.5 Å². The van der Waals surface area contributed by atoms with Gasteiger partial charge in [0.25, 0.3) is 5.91 Å². The molecule has 9 heteroatoms. The minimum atomic E-state index is -0.866. The molecular weight excluding hydrogens is 448 g/mol. The fourth-order valence-corrected chi connectivity index (χ4v) is 5.02. The number of ether oxygens (including phenoxy) is 1. The van der Waals surface area contributed by atoms with Gasteiger partial charge in [-0.2, -0.15) is 5.10 Å². The molecule has 9 nitrogen and oxygen atoms in total. The van der Waals surface area contributed by atoms with Crippen molar-refractivity contribution in [1.82, 2.24) is 15.5 Å². The summed E-state index contributed by atoms with van der Waals surface area (Å²) < 4.78 is 5.50. The fourth-order valence-electron chi connectivity index (χ4n) is 5.02. The van der Waals surface area contributed by atoms with E-state index < -0.39 is 18.0 Å². The molecule has 1 heterocycles. The Morgan fingerprint density at radius 3 is 2.31 bits per heavy atom. The van der Waals surface area contributed by atoms with Crippen LogP contribution in [0.1, 0.15) is 53.2 Å². The number of nitrogens with one attached hydrogen (secondary N) is 3. The van der Waals surface area contributed by atoms with Crippen molar-refractivity contribution in [2.45, 2.75) is 31.6 Å². The Morgan fingerprint density at radius 2 is 1.71 bits per heavy atom. The molecule has 0 unspecified atom stereocenters. The van der Waals surface area contributed by atoms with Crippen molar-refractivity contribution in [2.24, 2.45) is 5.41 Å². The zero-order valence-electron chi connectivity index (χ0n) is 19.0. The molecule has 2 aliphatic rings. The van der Waals surface area contributed by atoms with Crippen LogP contribution < -0.4 is 10.6 Å². The Morgan fingerprint density at radius 1 is 1.06 bits per heavy atom. The van der Waals surface area contributed by atoms with Crippen molar-refractivity contribution in [1.29, 1.82) is 0 Å². The van der Waals surface area contributed by atoms with Gasteiger partial charge in [0.1, 0.15) is 12.3 Å². The number of aliphatic carboxylic acids is 1. The van der Waals surface area contributed by atoms with Crippen LogP contribution in [-0.2, 0) is 9.53 Å². The van der Waals surface area contributed by atoms with Gasteiger partial charge in [0.05, 0.1) is 6.42 Å². The molecule has 5 rings (SSSR count). The van der Waals surface area contributed by atoms with Crippen LogP contribution in [0, 0.1) is 5.41 Å². The lowest BCUT2D eigenvalue weighted by Crippen LogP contribution is -2.43. The molecule has 4 N–H and O–H groups in total. The number of H-pyrrole nitrogens is 1. The van der Waals surface area contributed by atoms with E-state index in [0.29, 0.717) is 0 Å². The van der Waals surface area contributed by atoms with Crippen molar-refractivity contribution < 1.29 is 24.2 Å². The SMILES string of the molecule is O=C(O)CC1(CNC(=O)c2cc(NC(=O)OCC3c4ccccc4-c4ccccc43)n[nH]2)CCC1. The predicted octanol–water partition coefficient (Wildman–Crippen LogP) is 4.15. The summed E-state index contributed by atoms with van der Waals surface area (Å²) in [7, 11) is 0. The van der Waals surface area contributed by atoms with E-state index in [2.05, 4.69) is 33.0 Å². The van der Waals surface area contributed by atoms with E-state index >= 15 is 0 Å². The quantitative estimate of drug-likeness (QED) is 0.388. The lowest BCUT2D eigenvalue weighted by atomic mass is 9.66. The van der Waals surface area contributed by atoms with Crippen LogP contribution in [0.3, 0.4) is 0 Å². The molecule has 0 bridgehead atoms. The highest BCUT2D eigenvalue weighted by Gasteiger charge is 2.39. The van der Waals surface area contributed by atoms with E-state index in [4.69, 9.17) is 9.84 Å². The van der Waals surface area contributed by atoms with E-state index in [1.807, 2.05) is 36.4 Å². The first-order chi connectivity index (χ1) is 16.9. The Kier molecular flexibility index (Phi) is 5.98. The second-order valence-corrected chi connectivity index (χ2v) is 9.22. The van der Waals surface area contributed by atoms with Crippen LogP contribution in [0.4, 0.5) is 10.6 Å². The third-order valence-electron chi connectivity index (χ3n) is 6.96. The molecule has 180 valence electrons. The molecule has 3 aromatic rings. The highest BCUT2D eigenvalue weighted by Crippen LogP contribution is 2.45. The first kappa shape index (κ1) is 22.6. The van der Waals surface area contributed by atoms with Gasteiger partial charge < -0.3 is 15.2 Å². The molecule has 0 radical (unpaired) electrons. The van der Waals surface area contributed by atoms with Gasteiger partial charge in [-0.15, -0.1) is 0 Å². The summed E-state index contributed by atoms with van der Waals surface area (Å²) in [5.41, 5.74) is 4.31. The monoisotopic (exact) mass is 474 g/mol. The Balaban J connectivity index is 1.16. The molecule has 0 atom stereocenters. The minimum absolute atomic E-state index is 0.0326. The normalized spacial score (nSPS) is 15.4. The number of fused-ring (bicyclic) bond motifs is 3. The lowest BCUT2D eigenvalue weighted by Gasteiger charge is -2.40. The maximum Gasteiger partial charge on any atom is 0.412 e. The first-order valence-corrected chi connectivity index (χ1v) is 11.6. The molecular formula is C26H26N4O5. The van der Waals surface area contributed by atoms with Crippen LogP contribution in [0.5, 0.6) is 0 Å². The average molecular weight is 475 g/mol. The smallest absolute Gasteiger partial charge is 0.412 e. The number of aromatic nitrogens is 2. The number of hydrogen-bond donors (Lipinski definition) is 4. The van der Waals surface area contributed by atoms with Gasteiger partial charge in [0.15, 0.2) is 5.82 Å². The number of rotatable bonds is 8. The Hall–Kier alpha value is -4.14. The lowest BCUT2D eigenvalue weighted by molar-refractivity contribution is -0.141. The highest BCUT2D eigenvalue weighted by atomic mass is 16.5. The number of benzene rings is 2. The number of amides is 2. The average Bonchev–Trinajstić information content (AvgIpc) is 3.42. The van der Waals surface area contributed by atoms with Crippen molar-refractivity contribution in [3.05, 3.63) is 71.4 Å². The molecule has 2 aromatic carbocycles. The second kappa shape index (κ2) is 9.25. The Bertz CT molecular complexity index is 1230. The molecule has 2 amide bonds. The third kappa shape index (κ3) is 4.62. The van der Waals surface area contributed by atoms with Crippen LogP contribution >= 0.6 is 0 Å². The fraction of sp³-hybridized carbons (Fsp3) is 0.308. The number of aromatic amines is 1. The number of carboxylic acid groups (broad SMARTS) is 1. The summed E-state index contributed by atoms with van der Waals surface area (Å²) in [5.74, 6) is -1.17. The van der Waals surface area contributed by atoms with Crippen LogP contribution in [0.15, 0.2) is 54.6 Å². The molecule has 0 aliphatic heterocycles. The first-order valence-electron chi connectivity index (χ1n) is 11.6. The van der Waals surface area contributed by atoms with Crippen LogP contribution in [0.25, 0.3) is 11.1 Å². The molecule has 35 heavy (non-hydrogen) atoms. The topological polar surface area (TPSA) is 133 Å². The number of nitrogens with zero attached hydrogens (tertiary/aromatic N) is 1. The predicted molar refractivity (Wildman–Crippen MR) is 128 cm³/mol. The molecule has 0 saturated heterocycles. The van der Waals surface area contributed by atoms with Crippen LogP contribution in [0.2, 0.25) is 0 Å². The summed E-state index contributed by atoms with van der Waals surface area (Å²) in [6, 6.07) is 17.6. The van der Waals surface area contributed by atoms with E-state index in [1.165, 1.54) is 6.07 Å². The summed E-state index contributed by atoms with van der Waals surface area (Å²) in [4.78, 5) is 36.0. The summed E-state index contributed by atoms with van der Waals surface area (Å²) in [5, 5.41) is 21.0. The van der Waals surface area contributed by atoms with Crippen molar-refractivity contribution in [2.75, 3.05) is 18.5 Å². The number of carbonyl (C=O) groups is 3. The molecule has 1 saturated carbocycles. The van der Waals surface area contributed by atoms with E-state index in [1.54, 1.807) is 0 Å². The van der Waals surface area contributed by atoms with E-state index in [-0.39, 0.29) is 42.4 Å². The zero-order chi connectivity index (χ0) is 24.4. The van der Waals surface area contributed by atoms with Gasteiger partial charge in [-0.3, -0.25) is 20.0 Å². The number of carbonyl (C=O) groups excluding carboxylic acids is 2. The zero-order valence-corrected chi connectivity index (χ0v) is 19.0.